The third-order valence-corrected chi connectivity index (χ3v) is 3.98. The molecule has 22 heavy (non-hydrogen) atoms. The van der Waals surface area contributed by atoms with E-state index < -0.39 is 29.6 Å². The van der Waals surface area contributed by atoms with E-state index in [1.807, 2.05) is 0 Å². The fourth-order valence-electron chi connectivity index (χ4n) is 2.37. The molecule has 0 saturated carbocycles. The summed E-state index contributed by atoms with van der Waals surface area (Å²) in [5.41, 5.74) is -3.91. The van der Waals surface area contributed by atoms with Crippen LogP contribution in [0.1, 0.15) is 39.2 Å². The van der Waals surface area contributed by atoms with E-state index in [0.717, 1.165) is 0 Å². The van der Waals surface area contributed by atoms with Crippen LogP contribution in [0.2, 0.25) is 0 Å². The first kappa shape index (κ1) is 18.5. The number of hydrogen-bond donors (Lipinski definition) is 1. The molecule has 124 valence electrons. The normalized spacial score (nSPS) is 17.4. The molecule has 0 aromatic heterocycles. The molecule has 3 nitrogen and oxygen atoms in total. The summed E-state index contributed by atoms with van der Waals surface area (Å²) >= 11 is 0. The van der Waals surface area contributed by atoms with Gasteiger partial charge in [0.1, 0.15) is 0 Å². The fraction of sp³-hybridized carbons (Fsp3) is 0.562. The number of carbonyl (C=O) groups is 1. The Morgan fingerprint density at radius 2 is 1.73 bits per heavy atom. The van der Waals surface area contributed by atoms with Crippen LogP contribution in [0.5, 0.6) is 0 Å². The highest BCUT2D eigenvalue weighted by Gasteiger charge is 2.62. The summed E-state index contributed by atoms with van der Waals surface area (Å²) in [6.45, 7) is 4.48. The zero-order valence-corrected chi connectivity index (χ0v) is 12.9. The van der Waals surface area contributed by atoms with Crippen LogP contribution in [0.25, 0.3) is 0 Å². The molecule has 0 amide bonds. The molecule has 0 fully saturated rings. The van der Waals surface area contributed by atoms with Crippen molar-refractivity contribution in [2.24, 2.45) is 0 Å². The Bertz CT molecular complexity index is 501. The standard InChI is InChI=1S/C16H21F3O3/c1-4-14(3,12-9-7-6-8-10-12)11-15(21,16(17,18)19)13(20)22-5-2/h6-10,21H,4-5,11H2,1-3H3. The number of aliphatic hydroxyl groups is 1. The van der Waals surface area contributed by atoms with Gasteiger partial charge in [-0.05, 0) is 24.3 Å². The van der Waals surface area contributed by atoms with Crippen molar-refractivity contribution < 1.29 is 27.8 Å². The van der Waals surface area contributed by atoms with Crippen LogP contribution in [0, 0.1) is 0 Å². The second-order valence-electron chi connectivity index (χ2n) is 5.54. The first-order chi connectivity index (χ1) is 10.1. The molecule has 1 aromatic carbocycles. The van der Waals surface area contributed by atoms with Crippen molar-refractivity contribution in [1.29, 1.82) is 0 Å². The van der Waals surface area contributed by atoms with E-state index in [9.17, 15) is 23.1 Å². The van der Waals surface area contributed by atoms with Gasteiger partial charge < -0.3 is 9.84 Å². The zero-order chi connectivity index (χ0) is 17.0. The van der Waals surface area contributed by atoms with Gasteiger partial charge in [0.2, 0.25) is 0 Å². The maximum absolute atomic E-state index is 13.3. The Hall–Kier alpha value is -1.56. The van der Waals surface area contributed by atoms with E-state index in [1.165, 1.54) is 6.92 Å². The van der Waals surface area contributed by atoms with Crippen LogP contribution in [-0.2, 0) is 14.9 Å². The number of hydrogen-bond acceptors (Lipinski definition) is 3. The van der Waals surface area contributed by atoms with Crippen LogP contribution < -0.4 is 0 Å². The first-order valence-corrected chi connectivity index (χ1v) is 7.12. The van der Waals surface area contributed by atoms with E-state index in [4.69, 9.17) is 0 Å². The molecular formula is C16H21F3O3. The van der Waals surface area contributed by atoms with E-state index >= 15 is 0 Å². The maximum atomic E-state index is 13.3. The number of halogens is 3. The van der Waals surface area contributed by atoms with Crippen molar-refractivity contribution in [1.82, 2.24) is 0 Å². The third kappa shape index (κ3) is 3.61. The van der Waals surface area contributed by atoms with Crippen LogP contribution in [-0.4, -0.2) is 29.5 Å². The van der Waals surface area contributed by atoms with Gasteiger partial charge in [0.15, 0.2) is 0 Å². The van der Waals surface area contributed by atoms with Crippen molar-refractivity contribution in [3.63, 3.8) is 0 Å². The third-order valence-electron chi connectivity index (χ3n) is 3.98. The molecule has 1 aromatic rings. The van der Waals surface area contributed by atoms with Crippen molar-refractivity contribution in [3.8, 4) is 0 Å². The molecule has 2 atom stereocenters. The van der Waals surface area contributed by atoms with Gasteiger partial charge in [-0.1, -0.05) is 44.2 Å². The number of rotatable bonds is 6. The summed E-state index contributed by atoms with van der Waals surface area (Å²) in [5, 5.41) is 10.1. The topological polar surface area (TPSA) is 46.5 Å². The lowest BCUT2D eigenvalue weighted by Gasteiger charge is -2.37. The summed E-state index contributed by atoms with van der Waals surface area (Å²) in [7, 11) is 0. The maximum Gasteiger partial charge on any atom is 0.428 e. The smallest absolute Gasteiger partial charge is 0.428 e. The summed E-state index contributed by atoms with van der Waals surface area (Å²) in [4.78, 5) is 11.7. The first-order valence-electron chi connectivity index (χ1n) is 7.12. The average Bonchev–Trinajstić information content (AvgIpc) is 2.47. The van der Waals surface area contributed by atoms with E-state index in [0.29, 0.717) is 12.0 Å². The van der Waals surface area contributed by atoms with Crippen molar-refractivity contribution >= 4 is 5.97 Å². The number of benzene rings is 1. The van der Waals surface area contributed by atoms with Crippen molar-refractivity contribution in [3.05, 3.63) is 35.9 Å². The number of alkyl halides is 3. The highest BCUT2D eigenvalue weighted by atomic mass is 19.4. The molecule has 0 heterocycles. The van der Waals surface area contributed by atoms with Gasteiger partial charge in [0.05, 0.1) is 6.61 Å². The Kier molecular flexibility index (Phi) is 5.62. The van der Waals surface area contributed by atoms with Gasteiger partial charge in [0.25, 0.3) is 5.60 Å². The lowest BCUT2D eigenvalue weighted by molar-refractivity contribution is -0.268. The summed E-state index contributed by atoms with van der Waals surface area (Å²) in [6, 6.07) is 8.54. The second-order valence-corrected chi connectivity index (χ2v) is 5.54. The van der Waals surface area contributed by atoms with Gasteiger partial charge in [-0.3, -0.25) is 0 Å². The highest BCUT2D eigenvalue weighted by molar-refractivity contribution is 5.80. The van der Waals surface area contributed by atoms with Crippen molar-refractivity contribution in [2.45, 2.75) is 50.8 Å². The molecule has 0 aliphatic rings. The Morgan fingerprint density at radius 3 is 2.14 bits per heavy atom. The molecular weight excluding hydrogens is 297 g/mol. The molecule has 2 unspecified atom stereocenters. The molecule has 1 rings (SSSR count). The van der Waals surface area contributed by atoms with Crippen LogP contribution >= 0.6 is 0 Å². The second kappa shape index (κ2) is 6.69. The Morgan fingerprint density at radius 1 is 1.18 bits per heavy atom. The minimum atomic E-state index is -5.11. The minimum absolute atomic E-state index is 0.231. The molecule has 0 radical (unpaired) electrons. The Balaban J connectivity index is 3.25. The predicted octanol–water partition coefficient (Wildman–Crippen LogP) is 3.60. The molecule has 0 bridgehead atoms. The highest BCUT2D eigenvalue weighted by Crippen LogP contribution is 2.43. The van der Waals surface area contributed by atoms with Gasteiger partial charge in [-0.25, -0.2) is 4.79 Å². The van der Waals surface area contributed by atoms with E-state index in [1.54, 1.807) is 44.2 Å². The molecule has 0 aliphatic heterocycles. The predicted molar refractivity (Wildman–Crippen MR) is 76.3 cm³/mol. The lowest BCUT2D eigenvalue weighted by Crippen LogP contribution is -2.56. The number of esters is 1. The zero-order valence-electron chi connectivity index (χ0n) is 12.9. The van der Waals surface area contributed by atoms with E-state index in [2.05, 4.69) is 4.74 Å². The summed E-state index contributed by atoms with van der Waals surface area (Å²) in [6.07, 6.45) is -5.57. The molecule has 1 N–H and O–H groups in total. The van der Waals surface area contributed by atoms with E-state index in [-0.39, 0.29) is 6.61 Å². The average molecular weight is 318 g/mol. The molecule has 0 aliphatic carbocycles. The quantitative estimate of drug-likeness (QED) is 0.815. The van der Waals surface area contributed by atoms with Gasteiger partial charge in [0, 0.05) is 6.42 Å². The number of carbonyl (C=O) groups excluding carboxylic acids is 1. The van der Waals surface area contributed by atoms with Crippen molar-refractivity contribution in [2.75, 3.05) is 6.61 Å². The fourth-order valence-corrected chi connectivity index (χ4v) is 2.37. The van der Waals surface area contributed by atoms with Gasteiger partial charge in [-0.2, -0.15) is 13.2 Å². The molecule has 0 spiro atoms. The monoisotopic (exact) mass is 318 g/mol. The SMILES string of the molecule is CCOC(=O)C(O)(CC(C)(CC)c1ccccc1)C(F)(F)F. The number of ether oxygens (including phenoxy) is 1. The van der Waals surface area contributed by atoms with Crippen LogP contribution in [0.4, 0.5) is 13.2 Å². The summed E-state index contributed by atoms with van der Waals surface area (Å²) in [5.74, 6) is -1.65. The molecule has 0 saturated heterocycles. The van der Waals surface area contributed by atoms with Gasteiger partial charge in [-0.15, -0.1) is 0 Å². The van der Waals surface area contributed by atoms with Crippen LogP contribution in [0.15, 0.2) is 30.3 Å². The minimum Gasteiger partial charge on any atom is -0.464 e. The summed E-state index contributed by atoms with van der Waals surface area (Å²) < 4.78 is 44.4. The largest absolute Gasteiger partial charge is 0.464 e. The van der Waals surface area contributed by atoms with Crippen LogP contribution in [0.3, 0.4) is 0 Å². The Labute approximate surface area is 128 Å². The lowest BCUT2D eigenvalue weighted by atomic mass is 9.71. The molecule has 6 heteroatoms. The van der Waals surface area contributed by atoms with Gasteiger partial charge >= 0.3 is 12.1 Å².